The number of aryl methyl sites for hydroxylation is 1. The Kier molecular flexibility index (Phi) is 9.71. The first-order valence-corrected chi connectivity index (χ1v) is 13.8. The molecule has 1 N–H and O–H groups in total. The molecule has 0 saturated carbocycles. The van der Waals surface area contributed by atoms with Gasteiger partial charge >= 0.3 is 0 Å². The molecule has 2 aromatic carbocycles. The maximum Gasteiger partial charge on any atom is 0.295 e. The minimum absolute atomic E-state index is 0.0406. The number of ether oxygens (including phenoxy) is 2. The van der Waals surface area contributed by atoms with E-state index in [1.807, 2.05) is 6.92 Å². The summed E-state index contributed by atoms with van der Waals surface area (Å²) in [4.78, 5) is 30.4. The van der Waals surface area contributed by atoms with Gasteiger partial charge in [-0.25, -0.2) is 0 Å². The third-order valence-corrected chi connectivity index (χ3v) is 7.72. The Morgan fingerprint density at radius 1 is 1.05 bits per heavy atom. The molecule has 1 atom stereocenters. The Morgan fingerprint density at radius 2 is 1.82 bits per heavy atom. The van der Waals surface area contributed by atoms with Gasteiger partial charge in [0.05, 0.1) is 41.5 Å². The second-order valence-electron chi connectivity index (χ2n) is 9.66. The number of aliphatic hydroxyl groups excluding tert-OH is 1. The molecule has 0 bridgehead atoms. The van der Waals surface area contributed by atoms with Crippen LogP contribution in [0.15, 0.2) is 42.0 Å². The van der Waals surface area contributed by atoms with E-state index >= 15 is 0 Å². The lowest BCUT2D eigenvalue weighted by molar-refractivity contribution is -0.140. The maximum absolute atomic E-state index is 13.3. The number of hydrogen-bond acceptors (Lipinski definition) is 6. The number of likely N-dealkylation sites (tertiary alicyclic amines) is 1. The molecule has 2 saturated heterocycles. The molecule has 2 aliphatic heterocycles. The topological polar surface area (TPSA) is 79.3 Å². The monoisotopic (exact) mass is 560 g/mol. The number of carbonyl (C=O) groups is 2. The van der Waals surface area contributed by atoms with Crippen LogP contribution >= 0.6 is 23.2 Å². The van der Waals surface area contributed by atoms with E-state index in [0.717, 1.165) is 43.8 Å². The number of ketones is 1. The Bertz CT molecular complexity index is 1210. The van der Waals surface area contributed by atoms with E-state index in [2.05, 4.69) is 11.8 Å². The average Bonchev–Trinajstić information content (AvgIpc) is 3.16. The van der Waals surface area contributed by atoms with Crippen LogP contribution < -0.4 is 4.74 Å². The van der Waals surface area contributed by atoms with Crippen LogP contribution in [-0.4, -0.2) is 72.6 Å². The van der Waals surface area contributed by atoms with Crippen molar-refractivity contribution < 1.29 is 24.2 Å². The second kappa shape index (κ2) is 13.0. The molecular weight excluding hydrogens is 527 g/mol. The van der Waals surface area contributed by atoms with Gasteiger partial charge in [0.15, 0.2) is 0 Å². The molecule has 4 rings (SSSR count). The molecule has 7 nitrogen and oxygen atoms in total. The lowest BCUT2D eigenvalue weighted by Gasteiger charge is -2.29. The Labute approximate surface area is 233 Å². The van der Waals surface area contributed by atoms with Crippen LogP contribution in [0, 0.1) is 6.92 Å². The number of nitrogens with zero attached hydrogens (tertiary/aromatic N) is 2. The Morgan fingerprint density at radius 3 is 2.50 bits per heavy atom. The van der Waals surface area contributed by atoms with Crippen LogP contribution in [-0.2, 0) is 14.3 Å². The number of carbonyl (C=O) groups excluding carboxylic acids is 2. The zero-order valence-corrected chi connectivity index (χ0v) is 23.4. The van der Waals surface area contributed by atoms with Gasteiger partial charge in [-0.15, -0.1) is 0 Å². The molecule has 0 spiro atoms. The summed E-state index contributed by atoms with van der Waals surface area (Å²) in [5.41, 5.74) is 1.93. The number of morpholine rings is 1. The first-order chi connectivity index (χ1) is 18.3. The minimum atomic E-state index is -0.782. The van der Waals surface area contributed by atoms with Crippen molar-refractivity contribution in [2.75, 3.05) is 46.0 Å². The minimum Gasteiger partial charge on any atom is -0.507 e. The van der Waals surface area contributed by atoms with Gasteiger partial charge in [-0.3, -0.25) is 14.5 Å². The van der Waals surface area contributed by atoms with Gasteiger partial charge in [-0.1, -0.05) is 42.6 Å². The highest BCUT2D eigenvalue weighted by atomic mass is 35.5. The predicted molar refractivity (Wildman–Crippen MR) is 149 cm³/mol. The van der Waals surface area contributed by atoms with Crippen LogP contribution in [0.3, 0.4) is 0 Å². The van der Waals surface area contributed by atoms with Crippen LogP contribution in [0.1, 0.15) is 48.9 Å². The number of hydrogen-bond donors (Lipinski definition) is 1. The zero-order valence-electron chi connectivity index (χ0n) is 21.8. The van der Waals surface area contributed by atoms with Crippen molar-refractivity contribution in [3.63, 3.8) is 0 Å². The molecule has 0 aliphatic carbocycles. The van der Waals surface area contributed by atoms with Gasteiger partial charge in [-0.05, 0) is 61.2 Å². The number of rotatable bonds is 10. The van der Waals surface area contributed by atoms with E-state index in [9.17, 15) is 14.7 Å². The second-order valence-corrected chi connectivity index (χ2v) is 10.5. The van der Waals surface area contributed by atoms with E-state index in [1.165, 1.54) is 4.90 Å². The quantitative estimate of drug-likeness (QED) is 0.176. The molecule has 0 radical (unpaired) electrons. The molecule has 2 fully saturated rings. The summed E-state index contributed by atoms with van der Waals surface area (Å²) >= 11 is 12.5. The smallest absolute Gasteiger partial charge is 0.295 e. The lowest BCUT2D eigenvalue weighted by Crippen LogP contribution is -2.38. The van der Waals surface area contributed by atoms with Crippen LogP contribution in [0.5, 0.6) is 5.75 Å². The number of benzene rings is 2. The standard InChI is InChI=1S/C29H34Cl2N2O5/c1-3-4-14-38-24-9-7-21(17-19(24)2)27(34)25-26(20-6-8-22(30)23(31)18-20)33(29(36)28(25)35)11-5-10-32-12-15-37-16-13-32/h6-9,17-18,26,34H,3-5,10-16H2,1-2H3/t26-/m0/s1. The number of Topliss-reactive ketones (excluding diaryl/α,β-unsaturated/α-hetero) is 1. The fourth-order valence-electron chi connectivity index (χ4n) is 4.87. The van der Waals surface area contributed by atoms with Gasteiger partial charge in [0.1, 0.15) is 11.5 Å². The summed E-state index contributed by atoms with van der Waals surface area (Å²) in [6.07, 6.45) is 2.65. The largest absolute Gasteiger partial charge is 0.507 e. The van der Waals surface area contributed by atoms with Crippen molar-refractivity contribution in [2.45, 2.75) is 39.2 Å². The van der Waals surface area contributed by atoms with E-state index in [-0.39, 0.29) is 11.3 Å². The van der Waals surface area contributed by atoms with Gasteiger partial charge in [0.2, 0.25) is 0 Å². The molecular formula is C29H34Cl2N2O5. The maximum atomic E-state index is 13.3. The summed E-state index contributed by atoms with van der Waals surface area (Å²) in [5, 5.41) is 12.1. The summed E-state index contributed by atoms with van der Waals surface area (Å²) in [6.45, 7) is 8.78. The van der Waals surface area contributed by atoms with E-state index in [1.54, 1.807) is 36.4 Å². The van der Waals surface area contributed by atoms with Gasteiger partial charge in [-0.2, -0.15) is 0 Å². The van der Waals surface area contributed by atoms with Crippen molar-refractivity contribution in [1.29, 1.82) is 0 Å². The Balaban J connectivity index is 1.67. The first kappa shape index (κ1) is 28.4. The first-order valence-electron chi connectivity index (χ1n) is 13.1. The molecule has 9 heteroatoms. The highest BCUT2D eigenvalue weighted by Crippen LogP contribution is 2.41. The van der Waals surface area contributed by atoms with Gasteiger partial charge < -0.3 is 19.5 Å². The SMILES string of the molecule is CCCCOc1ccc(C(O)=C2C(=O)C(=O)N(CCCN3CCOCC3)[C@H]2c2ccc(Cl)c(Cl)c2)cc1C. The number of aliphatic hydroxyl groups is 1. The van der Waals surface area contributed by atoms with Crippen molar-refractivity contribution in [3.8, 4) is 5.75 Å². The van der Waals surface area contributed by atoms with Gasteiger partial charge in [0, 0.05) is 31.7 Å². The summed E-state index contributed by atoms with van der Waals surface area (Å²) in [6, 6.07) is 9.51. The van der Waals surface area contributed by atoms with Crippen LogP contribution in [0.4, 0.5) is 0 Å². The van der Waals surface area contributed by atoms with Crippen molar-refractivity contribution in [3.05, 3.63) is 68.7 Å². The summed E-state index contributed by atoms with van der Waals surface area (Å²) < 4.78 is 11.2. The summed E-state index contributed by atoms with van der Waals surface area (Å²) in [7, 11) is 0. The molecule has 2 aliphatic rings. The third-order valence-electron chi connectivity index (χ3n) is 6.98. The number of unbranched alkanes of at least 4 members (excludes halogenated alkanes) is 1. The third kappa shape index (κ3) is 6.34. The van der Waals surface area contributed by atoms with Crippen molar-refractivity contribution in [1.82, 2.24) is 9.80 Å². The molecule has 1 amide bonds. The molecule has 0 aromatic heterocycles. The highest BCUT2D eigenvalue weighted by Gasteiger charge is 2.46. The molecule has 38 heavy (non-hydrogen) atoms. The van der Waals surface area contributed by atoms with E-state index in [0.29, 0.717) is 54.0 Å². The molecule has 2 aromatic rings. The van der Waals surface area contributed by atoms with E-state index in [4.69, 9.17) is 32.7 Å². The lowest BCUT2D eigenvalue weighted by atomic mass is 9.94. The molecule has 204 valence electrons. The average molecular weight is 562 g/mol. The normalized spacial score (nSPS) is 19.8. The van der Waals surface area contributed by atoms with E-state index < -0.39 is 17.7 Å². The summed E-state index contributed by atoms with van der Waals surface area (Å²) in [5.74, 6) is -0.857. The highest BCUT2D eigenvalue weighted by molar-refractivity contribution is 6.46. The molecule has 2 heterocycles. The number of amides is 1. The Hall–Kier alpha value is -2.58. The predicted octanol–water partition coefficient (Wildman–Crippen LogP) is 5.62. The molecule has 0 unspecified atom stereocenters. The van der Waals surface area contributed by atoms with Crippen LogP contribution in [0.25, 0.3) is 5.76 Å². The fourth-order valence-corrected chi connectivity index (χ4v) is 5.18. The number of halogens is 2. The van der Waals surface area contributed by atoms with Crippen molar-refractivity contribution >= 4 is 40.7 Å². The van der Waals surface area contributed by atoms with Gasteiger partial charge in [0.25, 0.3) is 11.7 Å². The van der Waals surface area contributed by atoms with Crippen molar-refractivity contribution in [2.24, 2.45) is 0 Å². The zero-order chi connectivity index (χ0) is 27.2. The fraction of sp³-hybridized carbons (Fsp3) is 0.448. The van der Waals surface area contributed by atoms with Crippen LogP contribution in [0.2, 0.25) is 10.0 Å².